The highest BCUT2D eigenvalue weighted by molar-refractivity contribution is 7.89. The summed E-state index contributed by atoms with van der Waals surface area (Å²) >= 11 is 0. The average molecular weight is 537 g/mol. The van der Waals surface area contributed by atoms with Crippen molar-refractivity contribution >= 4 is 38.6 Å². The average Bonchev–Trinajstić information content (AvgIpc) is 2.91. The zero-order valence-corrected chi connectivity index (χ0v) is 22.2. The molecule has 1 aliphatic rings. The number of nitrogens with one attached hydrogen (secondary N) is 2. The van der Waals surface area contributed by atoms with Gasteiger partial charge in [0.15, 0.2) is 0 Å². The molecule has 0 radical (unpaired) electrons. The molecule has 10 nitrogen and oxygen atoms in total. The lowest BCUT2D eigenvalue weighted by Gasteiger charge is -2.37. The lowest BCUT2D eigenvalue weighted by atomic mass is 10.0. The van der Waals surface area contributed by atoms with Crippen LogP contribution in [0.3, 0.4) is 0 Å². The van der Waals surface area contributed by atoms with Gasteiger partial charge in [-0.25, -0.2) is 13.2 Å². The first-order valence-corrected chi connectivity index (χ1v) is 13.7. The quantitative estimate of drug-likeness (QED) is 0.312. The molecule has 0 spiro atoms. The molecule has 4 N–H and O–H groups in total. The van der Waals surface area contributed by atoms with Crippen molar-refractivity contribution in [3.63, 3.8) is 0 Å². The van der Waals surface area contributed by atoms with Crippen molar-refractivity contribution in [2.75, 3.05) is 40.3 Å². The Morgan fingerprint density at radius 2 is 1.61 bits per heavy atom. The maximum absolute atomic E-state index is 13.7. The molecule has 0 saturated carbocycles. The molecule has 11 heteroatoms. The lowest BCUT2D eigenvalue weighted by molar-refractivity contribution is -0.134. The number of nitrogen functional groups attached to an aromatic ring is 1. The van der Waals surface area contributed by atoms with Crippen LogP contribution in [0.4, 0.5) is 4.79 Å². The predicted octanol–water partition coefficient (Wildman–Crippen LogP) is 1.84. The number of rotatable bonds is 7. The largest absolute Gasteiger partial charge is 0.384 e. The number of nitrogens with two attached hydrogens (primary N) is 1. The predicted molar refractivity (Wildman–Crippen MR) is 146 cm³/mol. The second-order valence-corrected chi connectivity index (χ2v) is 11.2. The standard InChI is InChI=1S/C27H32N6O4S/c1-31(2)27(35)33-14-12-32(13-15-33)26(34)24(17-19-6-5-9-22(16-19)25(28)29)30-38(36,37)23-11-10-20-7-3-4-8-21(20)18-23/h3-11,16,18,24,30H,12-15,17H2,1-2H3,(H3,28,29)/t24-/m0/s1. The van der Waals surface area contributed by atoms with E-state index < -0.39 is 16.1 Å². The van der Waals surface area contributed by atoms with Crippen LogP contribution in [0.1, 0.15) is 11.1 Å². The fourth-order valence-electron chi connectivity index (χ4n) is 4.49. The zero-order valence-electron chi connectivity index (χ0n) is 21.4. The number of sulfonamides is 1. The minimum atomic E-state index is -4.05. The van der Waals surface area contributed by atoms with Gasteiger partial charge in [-0.2, -0.15) is 4.72 Å². The van der Waals surface area contributed by atoms with E-state index in [2.05, 4.69) is 4.72 Å². The second-order valence-electron chi connectivity index (χ2n) is 9.49. The van der Waals surface area contributed by atoms with Crippen molar-refractivity contribution in [2.24, 2.45) is 5.73 Å². The van der Waals surface area contributed by atoms with Gasteiger partial charge in [0.05, 0.1) is 4.90 Å². The van der Waals surface area contributed by atoms with Crippen LogP contribution in [-0.2, 0) is 21.2 Å². The van der Waals surface area contributed by atoms with Crippen molar-refractivity contribution in [2.45, 2.75) is 17.4 Å². The van der Waals surface area contributed by atoms with Crippen LogP contribution in [0.15, 0.2) is 71.6 Å². The topological polar surface area (TPSA) is 140 Å². The lowest BCUT2D eigenvalue weighted by Crippen LogP contribution is -2.57. The summed E-state index contributed by atoms with van der Waals surface area (Å²) in [7, 11) is -0.706. The molecule has 1 saturated heterocycles. The van der Waals surface area contributed by atoms with E-state index in [4.69, 9.17) is 11.1 Å². The van der Waals surface area contributed by atoms with Crippen LogP contribution in [0.25, 0.3) is 10.8 Å². The molecule has 38 heavy (non-hydrogen) atoms. The molecule has 0 unspecified atom stereocenters. The Morgan fingerprint density at radius 3 is 2.26 bits per heavy atom. The number of carbonyl (C=O) groups is 2. The minimum absolute atomic E-state index is 0.0629. The summed E-state index contributed by atoms with van der Waals surface area (Å²) in [6.45, 7) is 1.29. The third-order valence-electron chi connectivity index (χ3n) is 6.55. The number of benzene rings is 3. The molecule has 0 aliphatic carbocycles. The molecule has 4 rings (SSSR count). The van der Waals surface area contributed by atoms with Gasteiger partial charge < -0.3 is 20.4 Å². The fourth-order valence-corrected chi connectivity index (χ4v) is 5.72. The zero-order chi connectivity index (χ0) is 27.4. The number of amides is 3. The van der Waals surface area contributed by atoms with Crippen LogP contribution < -0.4 is 10.5 Å². The minimum Gasteiger partial charge on any atom is -0.384 e. The molecule has 1 aliphatic heterocycles. The Balaban J connectivity index is 1.60. The number of hydrogen-bond acceptors (Lipinski definition) is 5. The maximum Gasteiger partial charge on any atom is 0.319 e. The number of nitrogens with zero attached hydrogens (tertiary/aromatic N) is 3. The first-order valence-electron chi connectivity index (χ1n) is 12.2. The number of urea groups is 1. The van der Waals surface area contributed by atoms with E-state index >= 15 is 0 Å². The van der Waals surface area contributed by atoms with Crippen LogP contribution in [0.5, 0.6) is 0 Å². The normalized spacial score (nSPS) is 14.8. The van der Waals surface area contributed by atoms with Crippen molar-refractivity contribution in [1.82, 2.24) is 19.4 Å². The number of piperazine rings is 1. The Labute approximate surface area is 222 Å². The number of carbonyl (C=O) groups excluding carboxylic acids is 2. The van der Waals surface area contributed by atoms with E-state index in [0.29, 0.717) is 37.3 Å². The van der Waals surface area contributed by atoms with Gasteiger partial charge in [0.2, 0.25) is 15.9 Å². The molecule has 3 aromatic rings. The van der Waals surface area contributed by atoms with Gasteiger partial charge in [-0.15, -0.1) is 0 Å². The van der Waals surface area contributed by atoms with Gasteiger partial charge in [-0.05, 0) is 41.0 Å². The Kier molecular flexibility index (Phi) is 7.98. The van der Waals surface area contributed by atoms with Crippen LogP contribution in [0, 0.1) is 5.41 Å². The van der Waals surface area contributed by atoms with E-state index in [1.165, 1.54) is 11.0 Å². The van der Waals surface area contributed by atoms with E-state index in [0.717, 1.165) is 10.8 Å². The maximum atomic E-state index is 13.7. The number of hydrogen-bond donors (Lipinski definition) is 3. The molecule has 1 heterocycles. The van der Waals surface area contributed by atoms with E-state index in [1.54, 1.807) is 60.3 Å². The van der Waals surface area contributed by atoms with Crippen LogP contribution in [0.2, 0.25) is 0 Å². The second kappa shape index (κ2) is 11.2. The summed E-state index contributed by atoms with van der Waals surface area (Å²) in [5, 5.41) is 9.40. The molecule has 0 bridgehead atoms. The highest BCUT2D eigenvalue weighted by Gasteiger charge is 2.32. The van der Waals surface area contributed by atoms with Gasteiger partial charge in [0.25, 0.3) is 0 Å². The third kappa shape index (κ3) is 6.12. The van der Waals surface area contributed by atoms with Gasteiger partial charge >= 0.3 is 6.03 Å². The first kappa shape index (κ1) is 27.1. The van der Waals surface area contributed by atoms with Crippen molar-refractivity contribution in [3.05, 3.63) is 77.9 Å². The summed E-state index contributed by atoms with van der Waals surface area (Å²) in [5.41, 5.74) is 6.79. The molecule has 1 atom stereocenters. The SMILES string of the molecule is CN(C)C(=O)N1CCN(C(=O)[C@H](Cc2cccc(C(=N)N)c2)NS(=O)(=O)c2ccc3ccccc3c2)CC1. The summed E-state index contributed by atoms with van der Waals surface area (Å²) in [6.07, 6.45) is 0.0730. The highest BCUT2D eigenvalue weighted by Crippen LogP contribution is 2.20. The summed E-state index contributed by atoms with van der Waals surface area (Å²) in [4.78, 5) is 30.8. The molecule has 3 amide bonds. The van der Waals surface area contributed by atoms with Crippen molar-refractivity contribution in [1.29, 1.82) is 5.41 Å². The summed E-state index contributed by atoms with van der Waals surface area (Å²) in [5.74, 6) is -0.493. The van der Waals surface area contributed by atoms with Crippen molar-refractivity contribution in [3.8, 4) is 0 Å². The van der Waals surface area contributed by atoms with E-state index in [1.807, 2.05) is 24.3 Å². The molecular formula is C27H32N6O4S. The Hall–Kier alpha value is -3.96. The highest BCUT2D eigenvalue weighted by atomic mass is 32.2. The third-order valence-corrected chi connectivity index (χ3v) is 8.02. The van der Waals surface area contributed by atoms with Gasteiger partial charge in [0, 0.05) is 45.8 Å². The fraction of sp³-hybridized carbons (Fsp3) is 0.296. The molecule has 1 fully saturated rings. The van der Waals surface area contributed by atoms with Crippen molar-refractivity contribution < 1.29 is 18.0 Å². The van der Waals surface area contributed by atoms with Gasteiger partial charge in [0.1, 0.15) is 11.9 Å². The first-order chi connectivity index (χ1) is 18.0. The van der Waals surface area contributed by atoms with Crippen LogP contribution >= 0.6 is 0 Å². The molecular weight excluding hydrogens is 504 g/mol. The summed E-state index contributed by atoms with van der Waals surface area (Å²) < 4.78 is 29.5. The molecule has 3 aromatic carbocycles. The van der Waals surface area contributed by atoms with E-state index in [9.17, 15) is 18.0 Å². The van der Waals surface area contributed by atoms with Gasteiger partial charge in [-0.3, -0.25) is 10.2 Å². The van der Waals surface area contributed by atoms with Crippen LogP contribution in [-0.4, -0.2) is 87.2 Å². The smallest absolute Gasteiger partial charge is 0.319 e. The number of fused-ring (bicyclic) bond motifs is 1. The van der Waals surface area contributed by atoms with Gasteiger partial charge in [-0.1, -0.05) is 48.5 Å². The number of amidine groups is 1. The van der Waals surface area contributed by atoms with E-state index in [-0.39, 0.29) is 29.1 Å². The Bertz CT molecular complexity index is 1470. The molecule has 0 aromatic heterocycles. The summed E-state index contributed by atoms with van der Waals surface area (Å²) in [6, 6.07) is 17.9. The monoisotopic (exact) mass is 536 g/mol. The Morgan fingerprint density at radius 1 is 0.947 bits per heavy atom. The molecule has 200 valence electrons.